The molecule has 3 aromatic rings. The van der Waals surface area contributed by atoms with E-state index in [2.05, 4.69) is 10.3 Å². The van der Waals surface area contributed by atoms with Gasteiger partial charge in [-0.25, -0.2) is 4.98 Å². The molecule has 6 nitrogen and oxygen atoms in total. The van der Waals surface area contributed by atoms with Crippen LogP contribution < -0.4 is 16.0 Å². The highest BCUT2D eigenvalue weighted by atomic mass is 35.5. The van der Waals surface area contributed by atoms with E-state index in [1.165, 1.54) is 11.3 Å². The third-order valence-corrected chi connectivity index (χ3v) is 4.97. The van der Waals surface area contributed by atoms with Gasteiger partial charge in [0, 0.05) is 7.05 Å². The fourth-order valence-electron chi connectivity index (χ4n) is 2.35. The molecule has 128 valence electrons. The minimum Gasteiger partial charge on any atom is -0.366 e. The van der Waals surface area contributed by atoms with Crippen molar-refractivity contribution in [3.8, 4) is 0 Å². The van der Waals surface area contributed by atoms with Crippen molar-refractivity contribution >= 4 is 55.8 Å². The number of hydrogen-bond acceptors (Lipinski definition) is 5. The maximum Gasteiger partial charge on any atom is 0.250 e. The van der Waals surface area contributed by atoms with E-state index >= 15 is 0 Å². The zero-order valence-corrected chi connectivity index (χ0v) is 14.9. The van der Waals surface area contributed by atoms with Crippen molar-refractivity contribution in [2.24, 2.45) is 5.73 Å². The van der Waals surface area contributed by atoms with Gasteiger partial charge in [-0.15, -0.1) is 0 Å². The quantitative estimate of drug-likeness (QED) is 0.718. The molecular formula is C17H15ClN4O2S. The summed E-state index contributed by atoms with van der Waals surface area (Å²) in [4.78, 5) is 29.9. The van der Waals surface area contributed by atoms with Crippen molar-refractivity contribution in [1.29, 1.82) is 0 Å². The van der Waals surface area contributed by atoms with Crippen LogP contribution >= 0.6 is 22.9 Å². The molecule has 2 amide bonds. The summed E-state index contributed by atoms with van der Waals surface area (Å²) < 4.78 is 0.953. The van der Waals surface area contributed by atoms with Crippen molar-refractivity contribution < 1.29 is 9.59 Å². The predicted octanol–water partition coefficient (Wildman–Crippen LogP) is 3.12. The van der Waals surface area contributed by atoms with Gasteiger partial charge in [0.25, 0.3) is 5.91 Å². The number of rotatable bonds is 5. The molecule has 0 unspecified atom stereocenters. The Hall–Kier alpha value is -2.64. The number of fused-ring (bicyclic) bond motifs is 1. The Morgan fingerprint density at radius 2 is 2.00 bits per heavy atom. The number of likely N-dealkylation sites (N-methyl/N-ethyl adjacent to an activating group) is 1. The van der Waals surface area contributed by atoms with Gasteiger partial charge >= 0.3 is 0 Å². The number of aromatic nitrogens is 1. The molecule has 0 aliphatic carbocycles. The first-order valence-electron chi connectivity index (χ1n) is 7.40. The molecule has 2 aromatic carbocycles. The van der Waals surface area contributed by atoms with Crippen LogP contribution in [0.25, 0.3) is 10.2 Å². The second-order valence-electron chi connectivity index (χ2n) is 5.40. The molecule has 0 saturated carbocycles. The highest BCUT2D eigenvalue weighted by Gasteiger charge is 2.15. The van der Waals surface area contributed by atoms with Gasteiger partial charge < -0.3 is 16.0 Å². The number of thiazole rings is 1. The average Bonchev–Trinajstić information content (AvgIpc) is 3.01. The van der Waals surface area contributed by atoms with Crippen molar-refractivity contribution in [1.82, 2.24) is 4.98 Å². The Balaban J connectivity index is 1.74. The summed E-state index contributed by atoms with van der Waals surface area (Å²) in [6.07, 6.45) is 0. The smallest absolute Gasteiger partial charge is 0.250 e. The summed E-state index contributed by atoms with van der Waals surface area (Å²) in [5.74, 6) is -0.869. The minimum absolute atomic E-state index is 0.0739. The third kappa shape index (κ3) is 3.72. The van der Waals surface area contributed by atoms with Gasteiger partial charge in [0.2, 0.25) is 5.91 Å². The van der Waals surface area contributed by atoms with E-state index in [-0.39, 0.29) is 18.0 Å². The lowest BCUT2D eigenvalue weighted by Crippen LogP contribution is -2.30. The molecule has 0 radical (unpaired) electrons. The number of anilines is 2. The summed E-state index contributed by atoms with van der Waals surface area (Å²) in [7, 11) is 1.77. The molecule has 3 N–H and O–H groups in total. The largest absolute Gasteiger partial charge is 0.366 e. The Kier molecular flexibility index (Phi) is 4.87. The minimum atomic E-state index is -0.593. The number of amides is 2. The molecule has 0 saturated heterocycles. The van der Waals surface area contributed by atoms with Crippen LogP contribution in [0, 0.1) is 0 Å². The van der Waals surface area contributed by atoms with E-state index in [1.54, 1.807) is 42.3 Å². The van der Waals surface area contributed by atoms with Crippen LogP contribution in [0.3, 0.4) is 0 Å². The Morgan fingerprint density at radius 1 is 1.24 bits per heavy atom. The monoisotopic (exact) mass is 374 g/mol. The topological polar surface area (TPSA) is 88.3 Å². The van der Waals surface area contributed by atoms with E-state index in [9.17, 15) is 9.59 Å². The lowest BCUT2D eigenvalue weighted by Gasteiger charge is -2.16. The Morgan fingerprint density at radius 3 is 2.72 bits per heavy atom. The van der Waals surface area contributed by atoms with Gasteiger partial charge in [-0.3, -0.25) is 9.59 Å². The van der Waals surface area contributed by atoms with E-state index in [1.807, 2.05) is 12.1 Å². The summed E-state index contributed by atoms with van der Waals surface area (Å²) in [6, 6.07) is 12.2. The summed E-state index contributed by atoms with van der Waals surface area (Å²) in [5, 5.41) is 3.97. The zero-order chi connectivity index (χ0) is 18.0. The highest BCUT2D eigenvalue weighted by Crippen LogP contribution is 2.32. The number of primary amides is 1. The molecule has 0 aliphatic rings. The molecule has 3 rings (SSSR count). The first kappa shape index (κ1) is 17.2. The van der Waals surface area contributed by atoms with Crippen molar-refractivity contribution in [2.75, 3.05) is 23.8 Å². The Labute approximate surface area is 153 Å². The van der Waals surface area contributed by atoms with Crippen LogP contribution in [0.2, 0.25) is 5.02 Å². The van der Waals surface area contributed by atoms with E-state index < -0.39 is 5.91 Å². The van der Waals surface area contributed by atoms with Gasteiger partial charge in [-0.2, -0.15) is 0 Å². The van der Waals surface area contributed by atoms with E-state index in [0.29, 0.717) is 15.8 Å². The van der Waals surface area contributed by atoms with Crippen LogP contribution in [0.1, 0.15) is 10.4 Å². The molecule has 8 heteroatoms. The van der Waals surface area contributed by atoms with Crippen LogP contribution in [-0.2, 0) is 4.79 Å². The number of para-hydroxylation sites is 2. The van der Waals surface area contributed by atoms with Crippen molar-refractivity contribution in [3.63, 3.8) is 0 Å². The normalized spacial score (nSPS) is 10.6. The number of halogens is 1. The molecule has 1 aromatic heterocycles. The molecule has 25 heavy (non-hydrogen) atoms. The molecule has 0 bridgehead atoms. The van der Waals surface area contributed by atoms with Crippen LogP contribution in [0.5, 0.6) is 0 Å². The standard InChI is InChI=1S/C17H15ClN4O2S/c1-22(17-21-15-11(18)6-4-8-13(15)25-17)9-14(23)20-12-7-3-2-5-10(12)16(19)24/h2-8H,9H2,1H3,(H2,19,24)(H,20,23). The SMILES string of the molecule is CN(CC(=O)Nc1ccccc1C(N)=O)c1nc2c(Cl)cccc2s1. The molecule has 0 atom stereocenters. The number of benzene rings is 2. The van der Waals surface area contributed by atoms with Crippen LogP contribution in [-0.4, -0.2) is 30.4 Å². The summed E-state index contributed by atoms with van der Waals surface area (Å²) >= 11 is 7.59. The van der Waals surface area contributed by atoms with Gasteiger partial charge in [-0.05, 0) is 24.3 Å². The number of nitrogens with zero attached hydrogens (tertiary/aromatic N) is 2. The van der Waals surface area contributed by atoms with E-state index in [0.717, 1.165) is 10.2 Å². The summed E-state index contributed by atoms with van der Waals surface area (Å²) in [6.45, 7) is 0.0739. The number of hydrogen-bond donors (Lipinski definition) is 2. The highest BCUT2D eigenvalue weighted by molar-refractivity contribution is 7.22. The number of nitrogens with one attached hydrogen (secondary N) is 1. The van der Waals surface area contributed by atoms with Crippen LogP contribution in [0.4, 0.5) is 10.8 Å². The van der Waals surface area contributed by atoms with Gasteiger partial charge in [-0.1, -0.05) is 41.1 Å². The number of carbonyl (C=O) groups excluding carboxylic acids is 2. The lowest BCUT2D eigenvalue weighted by atomic mass is 10.1. The fourth-order valence-corrected chi connectivity index (χ4v) is 3.57. The molecular weight excluding hydrogens is 360 g/mol. The number of carbonyl (C=O) groups is 2. The lowest BCUT2D eigenvalue weighted by molar-refractivity contribution is -0.114. The first-order valence-corrected chi connectivity index (χ1v) is 8.60. The van der Waals surface area contributed by atoms with Crippen molar-refractivity contribution in [2.45, 2.75) is 0 Å². The second-order valence-corrected chi connectivity index (χ2v) is 6.81. The second kappa shape index (κ2) is 7.08. The fraction of sp³-hybridized carbons (Fsp3) is 0.118. The summed E-state index contributed by atoms with van der Waals surface area (Å²) in [5.41, 5.74) is 6.69. The maximum absolute atomic E-state index is 12.3. The van der Waals surface area contributed by atoms with Gasteiger partial charge in [0.15, 0.2) is 5.13 Å². The molecule has 0 aliphatic heterocycles. The van der Waals surface area contributed by atoms with E-state index in [4.69, 9.17) is 17.3 Å². The van der Waals surface area contributed by atoms with Gasteiger partial charge in [0.05, 0.1) is 27.5 Å². The van der Waals surface area contributed by atoms with Gasteiger partial charge in [0.1, 0.15) is 5.52 Å². The zero-order valence-electron chi connectivity index (χ0n) is 13.3. The maximum atomic E-state index is 12.3. The molecule has 1 heterocycles. The van der Waals surface area contributed by atoms with Crippen molar-refractivity contribution in [3.05, 3.63) is 53.1 Å². The predicted molar refractivity (Wildman–Crippen MR) is 101 cm³/mol. The third-order valence-electron chi connectivity index (χ3n) is 3.53. The van der Waals surface area contributed by atoms with Crippen LogP contribution in [0.15, 0.2) is 42.5 Å². The molecule has 0 spiro atoms. The average molecular weight is 375 g/mol. The first-order chi connectivity index (χ1) is 12.0. The number of nitrogens with two attached hydrogens (primary N) is 1. The Bertz CT molecular complexity index is 957. The molecule has 0 fully saturated rings.